The number of esters is 1. The number of amides is 2. The van der Waals surface area contributed by atoms with Crippen LogP contribution in [0.2, 0.25) is 0 Å². The smallest absolute Gasteiger partial charge is 0.352 e. The molecular formula is C16H17N5O7S2. The molecule has 4 N–H and O–H groups in total. The zero-order valence-electron chi connectivity index (χ0n) is 15.6. The van der Waals surface area contributed by atoms with Gasteiger partial charge in [0, 0.05) is 23.6 Å². The molecule has 0 aromatic carbocycles. The molecule has 0 aliphatic carbocycles. The molecular weight excluding hydrogens is 438 g/mol. The number of fused-ring (bicyclic) bond motifs is 1. The summed E-state index contributed by atoms with van der Waals surface area (Å²) in [6.45, 7) is 1.02. The van der Waals surface area contributed by atoms with Crippen LogP contribution < -0.4 is 11.1 Å². The second kappa shape index (κ2) is 9.13. The molecule has 3 heterocycles. The maximum Gasteiger partial charge on any atom is 0.352 e. The van der Waals surface area contributed by atoms with Crippen molar-refractivity contribution < 1.29 is 33.9 Å². The van der Waals surface area contributed by atoms with Gasteiger partial charge in [0.05, 0.1) is 5.69 Å². The molecule has 1 aromatic rings. The van der Waals surface area contributed by atoms with Gasteiger partial charge >= 0.3 is 11.9 Å². The van der Waals surface area contributed by atoms with E-state index in [1.54, 1.807) is 5.38 Å². The van der Waals surface area contributed by atoms with Gasteiger partial charge in [0.2, 0.25) is 0 Å². The normalized spacial score (nSPS) is 20.6. The lowest BCUT2D eigenvalue weighted by atomic mass is 10.0. The van der Waals surface area contributed by atoms with Crippen LogP contribution in [0, 0.1) is 0 Å². The van der Waals surface area contributed by atoms with Gasteiger partial charge in [-0.3, -0.25) is 19.3 Å². The number of nitrogens with one attached hydrogen (secondary N) is 1. The molecule has 0 bridgehead atoms. The van der Waals surface area contributed by atoms with Gasteiger partial charge in [-0.2, -0.15) is 0 Å². The molecule has 3 rings (SSSR count). The molecule has 12 nitrogen and oxygen atoms in total. The number of β-lactam (4-membered cyclic amide) rings is 1. The summed E-state index contributed by atoms with van der Waals surface area (Å²) in [6, 6.07) is -0.906. The number of nitrogen functional groups attached to an aromatic ring is 1. The van der Waals surface area contributed by atoms with Gasteiger partial charge in [0.25, 0.3) is 11.8 Å². The highest BCUT2D eigenvalue weighted by Gasteiger charge is 2.54. The maximum absolute atomic E-state index is 12.4. The number of hydrogen-bond donors (Lipinski definition) is 3. The predicted molar refractivity (Wildman–Crippen MR) is 106 cm³/mol. The first-order valence-electron chi connectivity index (χ1n) is 8.47. The molecule has 2 aliphatic heterocycles. The minimum atomic E-state index is -1.31. The molecule has 0 radical (unpaired) electrons. The number of aliphatic carboxylic acids is 1. The van der Waals surface area contributed by atoms with E-state index in [2.05, 4.69) is 15.5 Å². The molecule has 2 aliphatic rings. The van der Waals surface area contributed by atoms with E-state index >= 15 is 0 Å². The zero-order chi connectivity index (χ0) is 21.8. The molecule has 2 amide bonds. The highest BCUT2D eigenvalue weighted by atomic mass is 32.2. The number of aromatic nitrogens is 1. The number of carbonyl (C=O) groups is 4. The summed E-state index contributed by atoms with van der Waals surface area (Å²) in [5, 5.41) is 17.0. The summed E-state index contributed by atoms with van der Waals surface area (Å²) in [7, 11) is 0. The highest BCUT2D eigenvalue weighted by molar-refractivity contribution is 8.00. The third kappa shape index (κ3) is 4.71. The maximum atomic E-state index is 12.4. The van der Waals surface area contributed by atoms with Crippen molar-refractivity contribution in [1.82, 2.24) is 15.2 Å². The van der Waals surface area contributed by atoms with Crippen LogP contribution in [0.4, 0.5) is 5.13 Å². The van der Waals surface area contributed by atoms with Crippen molar-refractivity contribution in [2.45, 2.75) is 24.9 Å². The Morgan fingerprint density at radius 1 is 1.47 bits per heavy atom. The topological polar surface area (TPSA) is 174 Å². The number of oxime groups is 1. The lowest BCUT2D eigenvalue weighted by molar-refractivity contribution is -0.150. The van der Waals surface area contributed by atoms with Crippen molar-refractivity contribution in [2.24, 2.45) is 5.16 Å². The summed E-state index contributed by atoms with van der Waals surface area (Å²) >= 11 is 2.51. The quantitative estimate of drug-likeness (QED) is 0.201. The van der Waals surface area contributed by atoms with E-state index in [-0.39, 0.29) is 24.7 Å². The van der Waals surface area contributed by atoms with Crippen molar-refractivity contribution >= 4 is 58.2 Å². The number of nitrogens with two attached hydrogens (primary N) is 1. The summed E-state index contributed by atoms with van der Waals surface area (Å²) in [6.07, 6.45) is 0.874. The largest absolute Gasteiger partial charge is 0.477 e. The number of hydrogen-bond acceptors (Lipinski definition) is 11. The van der Waals surface area contributed by atoms with E-state index in [4.69, 9.17) is 15.3 Å². The third-order valence-electron chi connectivity index (χ3n) is 4.02. The molecule has 1 fully saturated rings. The first-order chi connectivity index (χ1) is 14.3. The minimum absolute atomic E-state index is 0.0317. The molecule has 1 aromatic heterocycles. The number of carbonyl (C=O) groups excluding carboxylic acids is 3. The number of carboxylic acid groups (broad SMARTS) is 1. The molecule has 2 atom stereocenters. The lowest BCUT2D eigenvalue weighted by Gasteiger charge is -2.49. The fraction of sp³-hybridized carbons (Fsp3) is 0.375. The first kappa shape index (κ1) is 21.6. The fourth-order valence-electron chi connectivity index (χ4n) is 2.75. The number of anilines is 1. The number of carboxylic acids is 1. The summed E-state index contributed by atoms with van der Waals surface area (Å²) in [4.78, 5) is 57.1. The molecule has 0 saturated carbocycles. The van der Waals surface area contributed by atoms with E-state index in [0.29, 0.717) is 16.4 Å². The van der Waals surface area contributed by atoms with Crippen LogP contribution in [0.15, 0.2) is 21.8 Å². The van der Waals surface area contributed by atoms with E-state index < -0.39 is 35.2 Å². The van der Waals surface area contributed by atoms with Crippen molar-refractivity contribution in [3.05, 3.63) is 22.3 Å². The molecule has 14 heteroatoms. The molecule has 30 heavy (non-hydrogen) atoms. The van der Waals surface area contributed by atoms with Crippen molar-refractivity contribution in [3.63, 3.8) is 0 Å². The average molecular weight is 455 g/mol. The lowest BCUT2D eigenvalue weighted by Crippen LogP contribution is -2.70. The summed E-state index contributed by atoms with van der Waals surface area (Å²) < 4.78 is 4.86. The first-order valence-corrected chi connectivity index (χ1v) is 10.4. The van der Waals surface area contributed by atoms with Crippen LogP contribution >= 0.6 is 23.1 Å². The van der Waals surface area contributed by atoms with Crippen LogP contribution in [-0.2, 0) is 35.4 Å². The molecule has 0 spiro atoms. The number of thioether (sulfide) groups is 1. The average Bonchev–Trinajstić information content (AvgIpc) is 3.11. The van der Waals surface area contributed by atoms with Crippen LogP contribution in [0.5, 0.6) is 0 Å². The van der Waals surface area contributed by atoms with Gasteiger partial charge in [0.1, 0.15) is 29.9 Å². The zero-order valence-corrected chi connectivity index (χ0v) is 17.2. The van der Waals surface area contributed by atoms with Crippen LogP contribution in [0.3, 0.4) is 0 Å². The van der Waals surface area contributed by atoms with Crippen LogP contribution in [0.1, 0.15) is 12.6 Å². The van der Waals surface area contributed by atoms with E-state index in [0.717, 1.165) is 11.1 Å². The SMILES string of the molecule is CC(=O)OCC1=C(C(=O)O)N2C(=O)[C@@H](NC(=O)C=NOCc3csc(N)n3)[C@H]2SC1. The second-order valence-electron chi connectivity index (χ2n) is 6.12. The van der Waals surface area contributed by atoms with E-state index in [1.807, 2.05) is 0 Å². The summed E-state index contributed by atoms with van der Waals surface area (Å²) in [5.41, 5.74) is 6.14. The Bertz CT molecular complexity index is 944. The Hall–Kier alpha value is -3.13. The highest BCUT2D eigenvalue weighted by Crippen LogP contribution is 2.40. The Morgan fingerprint density at radius 3 is 2.87 bits per heavy atom. The van der Waals surface area contributed by atoms with Crippen molar-refractivity contribution in [3.8, 4) is 0 Å². The van der Waals surface area contributed by atoms with Gasteiger partial charge in [-0.25, -0.2) is 9.78 Å². The van der Waals surface area contributed by atoms with Gasteiger partial charge < -0.3 is 25.7 Å². The minimum Gasteiger partial charge on any atom is -0.477 e. The monoisotopic (exact) mass is 455 g/mol. The van der Waals surface area contributed by atoms with Crippen molar-refractivity contribution in [1.29, 1.82) is 0 Å². The number of nitrogens with zero attached hydrogens (tertiary/aromatic N) is 3. The van der Waals surface area contributed by atoms with Crippen LogP contribution in [-0.4, -0.2) is 68.7 Å². The van der Waals surface area contributed by atoms with Gasteiger partial charge in [-0.1, -0.05) is 5.16 Å². The Balaban J connectivity index is 1.56. The van der Waals surface area contributed by atoms with Crippen molar-refractivity contribution in [2.75, 3.05) is 18.1 Å². The molecule has 1 saturated heterocycles. The standard InChI is InChI=1S/C16H17N5O7S2/c1-7(22)27-3-8-5-29-14-11(13(24)21(14)12(8)15(25)26)20-10(23)2-18-28-4-9-6-30-16(17)19-9/h2,6,11,14H,3-5H2,1H3,(H2,17,19)(H,20,23)(H,25,26)/t11-,14-/m1/s1. The number of rotatable bonds is 8. The van der Waals surface area contributed by atoms with Crippen LogP contribution in [0.25, 0.3) is 0 Å². The molecule has 0 unspecified atom stereocenters. The van der Waals surface area contributed by atoms with Gasteiger partial charge in [-0.05, 0) is 0 Å². The molecule has 160 valence electrons. The Labute approximate surface area is 178 Å². The number of ether oxygens (including phenoxy) is 1. The fourth-order valence-corrected chi connectivity index (χ4v) is 4.63. The second-order valence-corrected chi connectivity index (χ2v) is 8.11. The Kier molecular flexibility index (Phi) is 6.56. The number of thiazole rings is 1. The summed E-state index contributed by atoms with van der Waals surface area (Å²) in [5.74, 6) is -2.87. The van der Waals surface area contributed by atoms with Gasteiger partial charge in [-0.15, -0.1) is 23.1 Å². The third-order valence-corrected chi connectivity index (χ3v) is 6.09. The van der Waals surface area contributed by atoms with Gasteiger partial charge in [0.15, 0.2) is 11.7 Å². The predicted octanol–water partition coefficient (Wildman–Crippen LogP) is -0.471. The van der Waals surface area contributed by atoms with E-state index in [9.17, 15) is 24.3 Å². The van der Waals surface area contributed by atoms with E-state index in [1.165, 1.54) is 30.0 Å². The Morgan fingerprint density at radius 2 is 2.23 bits per heavy atom.